The van der Waals surface area contributed by atoms with Crippen molar-refractivity contribution in [1.82, 2.24) is 10.6 Å². The smallest absolute Gasteiger partial charge is 0.315 e. The van der Waals surface area contributed by atoms with Crippen LogP contribution >= 0.6 is 0 Å². The van der Waals surface area contributed by atoms with Gasteiger partial charge in [0.2, 0.25) is 0 Å². The van der Waals surface area contributed by atoms with E-state index in [-0.39, 0.29) is 11.8 Å². The van der Waals surface area contributed by atoms with E-state index in [1.165, 1.54) is 17.7 Å². The summed E-state index contributed by atoms with van der Waals surface area (Å²) in [5.74, 6) is -0.253. The first-order chi connectivity index (χ1) is 10.1. The number of aryl methyl sites for hydroxylation is 1. The minimum atomic E-state index is -0.253. The summed E-state index contributed by atoms with van der Waals surface area (Å²) >= 11 is 0. The lowest BCUT2D eigenvalue weighted by Gasteiger charge is -2.08. The molecule has 2 aromatic rings. The Labute approximate surface area is 124 Å². The van der Waals surface area contributed by atoms with Gasteiger partial charge in [0, 0.05) is 13.1 Å². The maximum atomic E-state index is 13.0. The second kappa shape index (κ2) is 7.43. The van der Waals surface area contributed by atoms with Crippen LogP contribution in [-0.2, 0) is 13.0 Å². The molecule has 0 saturated heterocycles. The number of halogens is 1. The zero-order valence-corrected chi connectivity index (χ0v) is 12.0. The van der Waals surface area contributed by atoms with Crippen LogP contribution in [0.2, 0.25) is 0 Å². The maximum Gasteiger partial charge on any atom is 0.315 e. The van der Waals surface area contributed by atoms with Crippen molar-refractivity contribution in [1.29, 1.82) is 0 Å². The first kappa shape index (κ1) is 15.0. The Balaban J connectivity index is 1.69. The average molecular weight is 286 g/mol. The van der Waals surface area contributed by atoms with Crippen LogP contribution in [0, 0.1) is 12.7 Å². The zero-order valence-electron chi connectivity index (χ0n) is 12.0. The van der Waals surface area contributed by atoms with E-state index in [1.807, 2.05) is 37.3 Å². The van der Waals surface area contributed by atoms with Crippen molar-refractivity contribution in [2.75, 3.05) is 6.54 Å². The topological polar surface area (TPSA) is 41.1 Å². The van der Waals surface area contributed by atoms with Crippen LogP contribution < -0.4 is 10.6 Å². The van der Waals surface area contributed by atoms with E-state index in [9.17, 15) is 9.18 Å². The molecule has 0 aliphatic rings. The van der Waals surface area contributed by atoms with Crippen LogP contribution in [0.25, 0.3) is 0 Å². The van der Waals surface area contributed by atoms with E-state index < -0.39 is 0 Å². The van der Waals surface area contributed by atoms with Crippen LogP contribution in [0.1, 0.15) is 16.7 Å². The molecule has 0 aromatic heterocycles. The summed E-state index contributed by atoms with van der Waals surface area (Å²) in [4.78, 5) is 11.6. The number of urea groups is 1. The third kappa shape index (κ3) is 5.26. The van der Waals surface area contributed by atoms with Crippen molar-refractivity contribution in [3.05, 3.63) is 71.0 Å². The molecule has 0 fully saturated rings. The van der Waals surface area contributed by atoms with Gasteiger partial charge in [-0.3, -0.25) is 0 Å². The first-order valence-electron chi connectivity index (χ1n) is 6.95. The molecule has 0 radical (unpaired) electrons. The van der Waals surface area contributed by atoms with Gasteiger partial charge in [-0.05, 0) is 36.6 Å². The zero-order chi connectivity index (χ0) is 15.1. The summed E-state index contributed by atoms with van der Waals surface area (Å²) in [6.45, 7) is 2.99. The summed E-state index contributed by atoms with van der Waals surface area (Å²) in [5, 5.41) is 5.55. The normalized spacial score (nSPS) is 10.2. The van der Waals surface area contributed by atoms with E-state index in [0.29, 0.717) is 19.5 Å². The molecule has 2 amide bonds. The highest BCUT2D eigenvalue weighted by Crippen LogP contribution is 2.04. The van der Waals surface area contributed by atoms with Gasteiger partial charge in [-0.25, -0.2) is 9.18 Å². The van der Waals surface area contributed by atoms with E-state index in [2.05, 4.69) is 10.6 Å². The first-order valence-corrected chi connectivity index (χ1v) is 6.95. The van der Waals surface area contributed by atoms with Gasteiger partial charge < -0.3 is 10.6 Å². The van der Waals surface area contributed by atoms with Crippen LogP contribution in [0.4, 0.5) is 9.18 Å². The largest absolute Gasteiger partial charge is 0.338 e. The number of hydrogen-bond acceptors (Lipinski definition) is 1. The Bertz CT molecular complexity index is 596. The average Bonchev–Trinajstić information content (AvgIpc) is 2.47. The molecule has 2 N–H and O–H groups in total. The van der Waals surface area contributed by atoms with Crippen molar-refractivity contribution in [2.45, 2.75) is 19.9 Å². The minimum absolute atomic E-state index is 0.216. The molecule has 0 unspecified atom stereocenters. The lowest BCUT2D eigenvalue weighted by molar-refractivity contribution is 0.240. The lowest BCUT2D eigenvalue weighted by Crippen LogP contribution is -2.36. The Kier molecular flexibility index (Phi) is 5.32. The SMILES string of the molecule is Cc1ccc(CNC(=O)NCCc2cccc(F)c2)cc1. The monoisotopic (exact) mass is 286 g/mol. The number of carbonyl (C=O) groups excluding carboxylic acids is 1. The van der Waals surface area contributed by atoms with Crippen LogP contribution in [0.3, 0.4) is 0 Å². The molecular formula is C17H19FN2O. The fourth-order valence-corrected chi connectivity index (χ4v) is 1.96. The number of nitrogens with one attached hydrogen (secondary N) is 2. The highest BCUT2D eigenvalue weighted by molar-refractivity contribution is 5.73. The van der Waals surface area contributed by atoms with E-state index in [4.69, 9.17) is 0 Å². The molecule has 0 spiro atoms. The minimum Gasteiger partial charge on any atom is -0.338 e. The number of hydrogen-bond donors (Lipinski definition) is 2. The van der Waals surface area contributed by atoms with E-state index in [0.717, 1.165) is 11.1 Å². The number of rotatable bonds is 5. The van der Waals surface area contributed by atoms with Gasteiger partial charge in [-0.15, -0.1) is 0 Å². The number of carbonyl (C=O) groups is 1. The Hall–Kier alpha value is -2.36. The van der Waals surface area contributed by atoms with Gasteiger partial charge in [0.25, 0.3) is 0 Å². The Morgan fingerprint density at radius 2 is 1.81 bits per heavy atom. The highest BCUT2D eigenvalue weighted by Gasteiger charge is 2.01. The summed E-state index contributed by atoms with van der Waals surface area (Å²) in [6, 6.07) is 14.2. The van der Waals surface area contributed by atoms with Gasteiger partial charge in [0.1, 0.15) is 5.82 Å². The standard InChI is InChI=1S/C17H19FN2O/c1-13-5-7-15(8-6-13)12-20-17(21)19-10-9-14-3-2-4-16(18)11-14/h2-8,11H,9-10,12H2,1H3,(H2,19,20,21). The second-order valence-electron chi connectivity index (χ2n) is 4.97. The van der Waals surface area contributed by atoms with Gasteiger partial charge in [-0.2, -0.15) is 0 Å². The summed E-state index contributed by atoms with van der Waals surface area (Å²) < 4.78 is 13.0. The van der Waals surface area contributed by atoms with Crippen molar-refractivity contribution >= 4 is 6.03 Å². The molecule has 3 nitrogen and oxygen atoms in total. The van der Waals surface area contributed by atoms with Gasteiger partial charge in [-0.1, -0.05) is 42.0 Å². The molecule has 0 aliphatic heterocycles. The van der Waals surface area contributed by atoms with Crippen molar-refractivity contribution < 1.29 is 9.18 Å². The van der Waals surface area contributed by atoms with Crippen molar-refractivity contribution in [2.24, 2.45) is 0 Å². The molecule has 0 bridgehead atoms. The molecule has 110 valence electrons. The third-order valence-corrected chi connectivity index (χ3v) is 3.16. The predicted molar refractivity (Wildman–Crippen MR) is 81.5 cm³/mol. The second-order valence-corrected chi connectivity index (χ2v) is 4.97. The summed E-state index contributed by atoms with van der Waals surface area (Å²) in [5.41, 5.74) is 3.12. The highest BCUT2D eigenvalue weighted by atomic mass is 19.1. The number of benzene rings is 2. The fraction of sp³-hybridized carbons (Fsp3) is 0.235. The molecule has 0 heterocycles. The fourth-order valence-electron chi connectivity index (χ4n) is 1.96. The third-order valence-electron chi connectivity index (χ3n) is 3.16. The maximum absolute atomic E-state index is 13.0. The van der Waals surface area contributed by atoms with E-state index in [1.54, 1.807) is 6.07 Å². The summed E-state index contributed by atoms with van der Waals surface area (Å²) in [6.07, 6.45) is 0.607. The number of amides is 2. The molecule has 0 aliphatic carbocycles. The van der Waals surface area contributed by atoms with Gasteiger partial charge in [0.05, 0.1) is 0 Å². The van der Waals surface area contributed by atoms with Gasteiger partial charge >= 0.3 is 6.03 Å². The molecule has 4 heteroatoms. The molecule has 2 aromatic carbocycles. The van der Waals surface area contributed by atoms with Crippen molar-refractivity contribution in [3.8, 4) is 0 Å². The van der Waals surface area contributed by atoms with Gasteiger partial charge in [0.15, 0.2) is 0 Å². The lowest BCUT2D eigenvalue weighted by atomic mass is 10.1. The quantitative estimate of drug-likeness (QED) is 0.871. The Morgan fingerprint density at radius 1 is 1.05 bits per heavy atom. The van der Waals surface area contributed by atoms with Crippen LogP contribution in [0.15, 0.2) is 48.5 Å². The molecule has 2 rings (SSSR count). The van der Waals surface area contributed by atoms with E-state index >= 15 is 0 Å². The molecule has 21 heavy (non-hydrogen) atoms. The predicted octanol–water partition coefficient (Wildman–Crippen LogP) is 3.18. The molecular weight excluding hydrogens is 267 g/mol. The van der Waals surface area contributed by atoms with Crippen molar-refractivity contribution in [3.63, 3.8) is 0 Å². The molecule has 0 atom stereocenters. The molecule has 0 saturated carbocycles. The summed E-state index contributed by atoms with van der Waals surface area (Å²) in [7, 11) is 0. The Morgan fingerprint density at radius 3 is 2.52 bits per heavy atom. The van der Waals surface area contributed by atoms with Crippen LogP contribution in [0.5, 0.6) is 0 Å². The van der Waals surface area contributed by atoms with Crippen LogP contribution in [-0.4, -0.2) is 12.6 Å².